The molecule has 144 valence electrons. The monoisotopic (exact) mass is 407 g/mol. The van der Waals surface area contributed by atoms with Gasteiger partial charge >= 0.3 is 0 Å². The summed E-state index contributed by atoms with van der Waals surface area (Å²) in [6, 6.07) is 9.18. The van der Waals surface area contributed by atoms with Gasteiger partial charge in [-0.15, -0.1) is 5.10 Å². The molecule has 9 heteroatoms. The summed E-state index contributed by atoms with van der Waals surface area (Å²) in [5.74, 6) is 0.969. The number of rotatable bonds is 8. The molecule has 0 fully saturated rings. The maximum absolute atomic E-state index is 12.4. The second-order valence-electron chi connectivity index (χ2n) is 6.53. The van der Waals surface area contributed by atoms with Crippen LogP contribution in [0, 0.1) is 17.2 Å². The quantitative estimate of drug-likeness (QED) is 0.648. The van der Waals surface area contributed by atoms with Crippen LogP contribution in [-0.2, 0) is 11.4 Å². The van der Waals surface area contributed by atoms with Crippen molar-refractivity contribution < 1.29 is 9.53 Å². The van der Waals surface area contributed by atoms with Crippen LogP contribution < -0.4 is 10.1 Å². The Morgan fingerprint density at radius 1 is 1.41 bits per heavy atom. The van der Waals surface area contributed by atoms with Crippen LogP contribution in [0.15, 0.2) is 29.4 Å². The van der Waals surface area contributed by atoms with Gasteiger partial charge in [0.25, 0.3) is 0 Å². The van der Waals surface area contributed by atoms with Crippen molar-refractivity contribution in [3.8, 4) is 11.8 Å². The summed E-state index contributed by atoms with van der Waals surface area (Å²) in [6.45, 7) is 7.47. The number of aromatic amines is 1. The molecule has 1 aromatic carbocycles. The van der Waals surface area contributed by atoms with Crippen LogP contribution in [-0.4, -0.2) is 31.9 Å². The number of aromatic nitrogens is 3. The summed E-state index contributed by atoms with van der Waals surface area (Å²) in [4.78, 5) is 16.7. The zero-order valence-electron chi connectivity index (χ0n) is 15.6. The molecule has 0 aliphatic heterocycles. The Kier molecular flexibility index (Phi) is 7.11. The van der Waals surface area contributed by atoms with E-state index in [1.165, 1.54) is 11.8 Å². The molecule has 2 rings (SSSR count). The Labute approximate surface area is 167 Å². The third-order valence-electron chi connectivity index (χ3n) is 4.12. The number of hydrogen-bond donors (Lipinski definition) is 2. The van der Waals surface area contributed by atoms with Crippen molar-refractivity contribution in [1.82, 2.24) is 20.5 Å². The molecule has 0 aliphatic rings. The second-order valence-corrected chi connectivity index (χ2v) is 8.27. The van der Waals surface area contributed by atoms with Crippen molar-refractivity contribution in [3.05, 3.63) is 35.1 Å². The van der Waals surface area contributed by atoms with Crippen molar-refractivity contribution in [2.24, 2.45) is 5.92 Å². The largest absolute Gasteiger partial charge is 0.486 e. The van der Waals surface area contributed by atoms with Crippen LogP contribution in [0.5, 0.6) is 5.75 Å². The molecule has 0 saturated heterocycles. The van der Waals surface area contributed by atoms with Gasteiger partial charge in [0.1, 0.15) is 17.9 Å². The molecule has 2 atom stereocenters. The number of hydrogen-bond acceptors (Lipinski definition) is 6. The minimum atomic E-state index is -0.914. The number of nitrogens with zero attached hydrogens (tertiary/aromatic N) is 3. The predicted octanol–water partition coefficient (Wildman–Crippen LogP) is 3.57. The van der Waals surface area contributed by atoms with E-state index in [0.717, 1.165) is 0 Å². The molecule has 2 aromatic rings. The average Bonchev–Trinajstić information content (AvgIpc) is 3.08. The molecule has 2 unspecified atom stereocenters. The van der Waals surface area contributed by atoms with Crippen molar-refractivity contribution in [1.29, 1.82) is 5.26 Å². The first-order chi connectivity index (χ1) is 12.7. The third kappa shape index (κ3) is 5.88. The van der Waals surface area contributed by atoms with E-state index in [4.69, 9.17) is 16.3 Å². The topological polar surface area (TPSA) is 104 Å². The number of benzene rings is 1. The van der Waals surface area contributed by atoms with Crippen LogP contribution in [0.1, 0.15) is 33.5 Å². The van der Waals surface area contributed by atoms with E-state index in [1.807, 2.05) is 13.8 Å². The molecule has 1 heterocycles. The zero-order chi connectivity index (χ0) is 20.0. The summed E-state index contributed by atoms with van der Waals surface area (Å²) < 4.78 is 5.60. The Morgan fingerprint density at radius 2 is 2.07 bits per heavy atom. The second kappa shape index (κ2) is 9.11. The number of ether oxygens (including phenoxy) is 1. The first-order valence-electron chi connectivity index (χ1n) is 8.43. The molecular weight excluding hydrogens is 386 g/mol. The molecule has 7 nitrogen and oxygen atoms in total. The fourth-order valence-corrected chi connectivity index (χ4v) is 2.82. The summed E-state index contributed by atoms with van der Waals surface area (Å²) >= 11 is 7.05. The first kappa shape index (κ1) is 21.1. The Balaban J connectivity index is 1.89. The number of halogens is 1. The van der Waals surface area contributed by atoms with E-state index in [1.54, 1.807) is 38.1 Å². The number of nitrogens with one attached hydrogen (secondary N) is 2. The van der Waals surface area contributed by atoms with Crippen molar-refractivity contribution in [2.45, 2.75) is 50.2 Å². The minimum Gasteiger partial charge on any atom is -0.486 e. The standard InChI is InChI=1S/C18H22ClN5O2S/c1-11(2)18(4,10-20)22-16(25)12(3)27-17-21-15(23-24-17)9-26-14-7-5-13(19)6-8-14/h5-8,11-12H,9H2,1-4H3,(H,22,25)(H,21,23,24). The minimum absolute atomic E-state index is 0.0104. The van der Waals surface area contributed by atoms with Gasteiger partial charge in [-0.05, 0) is 44.0 Å². The SMILES string of the molecule is CC(Sc1n[nH]c(COc2ccc(Cl)cc2)n1)C(=O)NC(C)(C#N)C(C)C. The van der Waals surface area contributed by atoms with Gasteiger partial charge in [0.15, 0.2) is 5.82 Å². The van der Waals surface area contributed by atoms with Crippen molar-refractivity contribution in [2.75, 3.05) is 0 Å². The van der Waals surface area contributed by atoms with Gasteiger partial charge in [-0.25, -0.2) is 4.98 Å². The highest BCUT2D eigenvalue weighted by atomic mass is 35.5. The fraction of sp³-hybridized carbons (Fsp3) is 0.444. The summed E-state index contributed by atoms with van der Waals surface area (Å²) in [5.41, 5.74) is -0.914. The molecular formula is C18H22ClN5O2S. The van der Waals surface area contributed by atoms with Gasteiger partial charge in [0.2, 0.25) is 11.1 Å². The summed E-state index contributed by atoms with van der Waals surface area (Å²) in [6.07, 6.45) is 0. The van der Waals surface area contributed by atoms with Gasteiger partial charge in [-0.2, -0.15) is 5.26 Å². The molecule has 27 heavy (non-hydrogen) atoms. The third-order valence-corrected chi connectivity index (χ3v) is 5.33. The number of thioether (sulfide) groups is 1. The van der Waals surface area contributed by atoms with E-state index in [0.29, 0.717) is 21.8 Å². The molecule has 0 bridgehead atoms. The number of carbonyl (C=O) groups is 1. The number of carbonyl (C=O) groups excluding carboxylic acids is 1. The van der Waals surface area contributed by atoms with Gasteiger partial charge in [-0.3, -0.25) is 9.89 Å². The van der Waals surface area contributed by atoms with Crippen LogP contribution in [0.2, 0.25) is 5.02 Å². The molecule has 1 amide bonds. The summed E-state index contributed by atoms with van der Waals surface area (Å²) in [7, 11) is 0. The van der Waals surface area contributed by atoms with E-state index in [-0.39, 0.29) is 18.4 Å². The smallest absolute Gasteiger partial charge is 0.234 e. The Hall–Kier alpha value is -2.24. The van der Waals surface area contributed by atoms with Crippen LogP contribution in [0.3, 0.4) is 0 Å². The highest BCUT2D eigenvalue weighted by Gasteiger charge is 2.32. The van der Waals surface area contributed by atoms with E-state index in [2.05, 4.69) is 26.6 Å². The average molecular weight is 408 g/mol. The van der Waals surface area contributed by atoms with Crippen LogP contribution in [0.4, 0.5) is 0 Å². The number of nitriles is 1. The molecule has 1 aromatic heterocycles. The Morgan fingerprint density at radius 3 is 2.67 bits per heavy atom. The Bertz CT molecular complexity index is 818. The maximum atomic E-state index is 12.4. The molecule has 0 aliphatic carbocycles. The van der Waals surface area contributed by atoms with Crippen LogP contribution in [0.25, 0.3) is 0 Å². The van der Waals surface area contributed by atoms with Crippen LogP contribution >= 0.6 is 23.4 Å². The first-order valence-corrected chi connectivity index (χ1v) is 9.69. The van der Waals surface area contributed by atoms with Crippen molar-refractivity contribution >= 4 is 29.3 Å². The number of amides is 1. The summed E-state index contributed by atoms with van der Waals surface area (Å²) in [5, 5.41) is 19.6. The molecule has 2 N–H and O–H groups in total. The van der Waals surface area contributed by atoms with E-state index >= 15 is 0 Å². The highest BCUT2D eigenvalue weighted by Crippen LogP contribution is 2.22. The van der Waals surface area contributed by atoms with E-state index < -0.39 is 10.8 Å². The lowest BCUT2D eigenvalue weighted by Gasteiger charge is -2.28. The molecule has 0 saturated carbocycles. The van der Waals surface area contributed by atoms with Crippen molar-refractivity contribution in [3.63, 3.8) is 0 Å². The zero-order valence-corrected chi connectivity index (χ0v) is 17.2. The maximum Gasteiger partial charge on any atom is 0.234 e. The normalized spacial score (nSPS) is 14.3. The predicted molar refractivity (Wildman–Crippen MR) is 104 cm³/mol. The lowest BCUT2D eigenvalue weighted by atomic mass is 9.90. The van der Waals surface area contributed by atoms with Gasteiger partial charge in [0, 0.05) is 5.02 Å². The molecule has 0 spiro atoms. The highest BCUT2D eigenvalue weighted by molar-refractivity contribution is 8.00. The molecule has 0 radical (unpaired) electrons. The fourth-order valence-electron chi connectivity index (χ4n) is 1.95. The van der Waals surface area contributed by atoms with Gasteiger partial charge < -0.3 is 10.1 Å². The van der Waals surface area contributed by atoms with E-state index in [9.17, 15) is 10.1 Å². The lowest BCUT2D eigenvalue weighted by molar-refractivity contribution is -0.121. The van der Waals surface area contributed by atoms with Gasteiger partial charge in [0.05, 0.1) is 11.3 Å². The van der Waals surface area contributed by atoms with Gasteiger partial charge in [-0.1, -0.05) is 37.2 Å². The lowest BCUT2D eigenvalue weighted by Crippen LogP contribution is -2.51. The number of H-pyrrole nitrogens is 1.